The van der Waals surface area contributed by atoms with Crippen LogP contribution in [0.2, 0.25) is 0 Å². The first-order valence-electron chi connectivity index (χ1n) is 10.8. The molecule has 0 unspecified atom stereocenters. The molecule has 4 rings (SSSR count). The van der Waals surface area contributed by atoms with Crippen molar-refractivity contribution in [2.75, 3.05) is 24.4 Å². The number of benzene rings is 3. The summed E-state index contributed by atoms with van der Waals surface area (Å²) in [5.41, 5.74) is 2.77. The Morgan fingerprint density at radius 3 is 2.26 bits per heavy atom. The number of carbonyl (C=O) groups is 2. The summed E-state index contributed by atoms with van der Waals surface area (Å²) in [5, 5.41) is 5.68. The van der Waals surface area contributed by atoms with E-state index < -0.39 is 0 Å². The third-order valence-electron chi connectivity index (χ3n) is 5.09. The van der Waals surface area contributed by atoms with Gasteiger partial charge in [-0.1, -0.05) is 48.5 Å². The molecular weight excluding hydrogens is 430 g/mol. The van der Waals surface area contributed by atoms with Crippen LogP contribution in [0.5, 0.6) is 11.5 Å². The maximum atomic E-state index is 12.9. The minimum absolute atomic E-state index is 0.177. The van der Waals surface area contributed by atoms with Crippen LogP contribution in [0.4, 0.5) is 11.4 Å². The van der Waals surface area contributed by atoms with Crippen LogP contribution < -0.4 is 20.1 Å². The Kier molecular flexibility index (Phi) is 7.25. The number of aromatic nitrogens is 1. The average molecular weight is 456 g/mol. The fourth-order valence-corrected chi connectivity index (χ4v) is 3.49. The molecule has 0 aliphatic carbocycles. The molecule has 0 spiro atoms. The van der Waals surface area contributed by atoms with Crippen LogP contribution in [0, 0.1) is 0 Å². The van der Waals surface area contributed by atoms with Crippen molar-refractivity contribution < 1.29 is 19.1 Å². The summed E-state index contributed by atoms with van der Waals surface area (Å²) in [5.74, 6) is 0.478. The van der Waals surface area contributed by atoms with Crippen LogP contribution in [-0.2, 0) is 11.3 Å². The first kappa shape index (κ1) is 22.7. The summed E-state index contributed by atoms with van der Waals surface area (Å²) >= 11 is 0. The number of hydrogen-bond donors (Lipinski definition) is 2. The number of rotatable bonds is 9. The molecule has 1 heterocycles. The van der Waals surface area contributed by atoms with Gasteiger partial charge in [0.15, 0.2) is 18.1 Å². The lowest BCUT2D eigenvalue weighted by Crippen LogP contribution is -2.20. The molecule has 0 fully saturated rings. The summed E-state index contributed by atoms with van der Waals surface area (Å²) in [6.07, 6.45) is 1.88. The molecule has 7 heteroatoms. The maximum absolute atomic E-state index is 12.9. The largest absolute Gasteiger partial charge is 0.493 e. The highest BCUT2D eigenvalue weighted by Gasteiger charge is 2.12. The van der Waals surface area contributed by atoms with Gasteiger partial charge < -0.3 is 24.7 Å². The van der Waals surface area contributed by atoms with E-state index in [2.05, 4.69) is 10.6 Å². The Bertz CT molecular complexity index is 1270. The van der Waals surface area contributed by atoms with Crippen LogP contribution in [0.3, 0.4) is 0 Å². The first-order chi connectivity index (χ1) is 16.6. The van der Waals surface area contributed by atoms with Gasteiger partial charge in [0.2, 0.25) is 0 Å². The minimum atomic E-state index is -0.328. The molecule has 0 bridgehead atoms. The van der Waals surface area contributed by atoms with Gasteiger partial charge in [-0.2, -0.15) is 0 Å². The number of hydrogen-bond acceptors (Lipinski definition) is 4. The zero-order valence-corrected chi connectivity index (χ0v) is 18.7. The van der Waals surface area contributed by atoms with Gasteiger partial charge in [-0.15, -0.1) is 0 Å². The lowest BCUT2D eigenvalue weighted by atomic mass is 10.2. The predicted octanol–water partition coefficient (Wildman–Crippen LogP) is 4.81. The average Bonchev–Trinajstić information content (AvgIpc) is 3.32. The lowest BCUT2D eigenvalue weighted by molar-refractivity contribution is -0.118. The normalized spacial score (nSPS) is 10.4. The molecule has 7 nitrogen and oxygen atoms in total. The van der Waals surface area contributed by atoms with E-state index >= 15 is 0 Å². The second-order valence-electron chi connectivity index (χ2n) is 7.53. The van der Waals surface area contributed by atoms with E-state index in [9.17, 15) is 9.59 Å². The third kappa shape index (κ3) is 5.83. The van der Waals surface area contributed by atoms with E-state index in [-0.39, 0.29) is 18.4 Å². The highest BCUT2D eigenvalue weighted by Crippen LogP contribution is 2.25. The van der Waals surface area contributed by atoms with Crippen molar-refractivity contribution in [1.29, 1.82) is 0 Å². The Labute approximate surface area is 197 Å². The van der Waals surface area contributed by atoms with Crippen LogP contribution in [0.15, 0.2) is 97.2 Å². The van der Waals surface area contributed by atoms with Crippen molar-refractivity contribution in [2.24, 2.45) is 0 Å². The Morgan fingerprint density at radius 1 is 0.794 bits per heavy atom. The number of para-hydroxylation sites is 2. The molecule has 4 aromatic rings. The molecule has 1 aromatic heterocycles. The van der Waals surface area contributed by atoms with Crippen molar-refractivity contribution in [3.63, 3.8) is 0 Å². The van der Waals surface area contributed by atoms with Crippen LogP contribution in [-0.4, -0.2) is 30.1 Å². The fraction of sp³-hybridized carbons (Fsp3) is 0.111. The van der Waals surface area contributed by atoms with Crippen molar-refractivity contribution in [3.05, 3.63) is 108 Å². The number of anilines is 2. The zero-order valence-electron chi connectivity index (χ0n) is 18.7. The number of ether oxygens (including phenoxy) is 2. The number of carbonyl (C=O) groups excluding carboxylic acids is 2. The van der Waals surface area contributed by atoms with Crippen LogP contribution in [0.1, 0.15) is 16.1 Å². The SMILES string of the molecule is COc1ccccc1OCC(=O)Nc1cccc(NC(=O)c2cccn2Cc2ccccc2)c1. The Morgan fingerprint density at radius 2 is 1.50 bits per heavy atom. The first-order valence-corrected chi connectivity index (χ1v) is 10.8. The highest BCUT2D eigenvalue weighted by atomic mass is 16.5. The van der Waals surface area contributed by atoms with Gasteiger partial charge in [-0.05, 0) is 48.0 Å². The molecule has 2 N–H and O–H groups in total. The number of methoxy groups -OCH3 is 1. The van der Waals surface area contributed by atoms with E-state index in [1.165, 1.54) is 0 Å². The fourth-order valence-electron chi connectivity index (χ4n) is 3.49. The number of amides is 2. The van der Waals surface area contributed by atoms with E-state index in [0.717, 1.165) is 5.56 Å². The quantitative estimate of drug-likeness (QED) is 0.379. The summed E-state index contributed by atoms with van der Waals surface area (Å²) in [6.45, 7) is 0.419. The van der Waals surface area contributed by atoms with Crippen molar-refractivity contribution in [3.8, 4) is 11.5 Å². The molecule has 0 aliphatic rings. The monoisotopic (exact) mass is 455 g/mol. The van der Waals surface area contributed by atoms with Gasteiger partial charge >= 0.3 is 0 Å². The molecule has 0 saturated carbocycles. The van der Waals surface area contributed by atoms with Crippen molar-refractivity contribution in [2.45, 2.75) is 6.54 Å². The summed E-state index contributed by atoms with van der Waals surface area (Å²) in [4.78, 5) is 25.2. The molecule has 0 radical (unpaired) electrons. The molecule has 0 saturated heterocycles. The van der Waals surface area contributed by atoms with E-state index in [1.54, 1.807) is 55.6 Å². The molecule has 34 heavy (non-hydrogen) atoms. The van der Waals surface area contributed by atoms with Gasteiger partial charge in [-0.25, -0.2) is 0 Å². The van der Waals surface area contributed by atoms with Crippen molar-refractivity contribution >= 4 is 23.2 Å². The summed E-state index contributed by atoms with van der Waals surface area (Å²) < 4.78 is 12.7. The van der Waals surface area contributed by atoms with Gasteiger partial charge in [0.05, 0.1) is 7.11 Å². The van der Waals surface area contributed by atoms with Crippen LogP contribution in [0.25, 0.3) is 0 Å². The molecule has 172 valence electrons. The summed E-state index contributed by atoms with van der Waals surface area (Å²) in [7, 11) is 1.54. The topological polar surface area (TPSA) is 81.6 Å². The van der Waals surface area contributed by atoms with Gasteiger partial charge in [-0.3, -0.25) is 9.59 Å². The molecule has 0 atom stereocenters. The van der Waals surface area contributed by atoms with Crippen LogP contribution >= 0.6 is 0 Å². The standard InChI is InChI=1S/C27H25N3O4/c1-33-24-14-5-6-15-25(24)34-19-26(31)28-21-11-7-12-22(17-21)29-27(32)23-13-8-16-30(23)18-20-9-3-2-4-10-20/h2-17H,18-19H2,1H3,(H,28,31)(H,29,32). The van der Waals surface area contributed by atoms with Crippen molar-refractivity contribution in [1.82, 2.24) is 4.57 Å². The molecule has 0 aliphatic heterocycles. The minimum Gasteiger partial charge on any atom is -0.493 e. The summed E-state index contributed by atoms with van der Waals surface area (Å²) in [6, 6.07) is 27.7. The van der Waals surface area contributed by atoms with E-state index in [0.29, 0.717) is 35.1 Å². The third-order valence-corrected chi connectivity index (χ3v) is 5.09. The second-order valence-corrected chi connectivity index (χ2v) is 7.53. The highest BCUT2D eigenvalue weighted by molar-refractivity contribution is 6.03. The molecule has 3 aromatic carbocycles. The van der Waals surface area contributed by atoms with Gasteiger partial charge in [0.25, 0.3) is 11.8 Å². The van der Waals surface area contributed by atoms with E-state index in [1.807, 2.05) is 53.2 Å². The lowest BCUT2D eigenvalue weighted by Gasteiger charge is -2.12. The number of nitrogens with zero attached hydrogens (tertiary/aromatic N) is 1. The number of nitrogens with one attached hydrogen (secondary N) is 2. The predicted molar refractivity (Wildman–Crippen MR) is 131 cm³/mol. The smallest absolute Gasteiger partial charge is 0.272 e. The van der Waals surface area contributed by atoms with E-state index in [4.69, 9.17) is 9.47 Å². The molecule has 2 amide bonds. The Balaban J connectivity index is 1.36. The Hall–Kier alpha value is -4.52. The second kappa shape index (κ2) is 10.9. The van der Waals surface area contributed by atoms with Gasteiger partial charge in [0, 0.05) is 24.1 Å². The zero-order chi connectivity index (χ0) is 23.8. The maximum Gasteiger partial charge on any atom is 0.272 e. The van der Waals surface area contributed by atoms with Gasteiger partial charge in [0.1, 0.15) is 5.69 Å². The molecular formula is C27H25N3O4.